The maximum atomic E-state index is 5.81. The summed E-state index contributed by atoms with van der Waals surface area (Å²) in [6, 6.07) is 8.46. The lowest BCUT2D eigenvalue weighted by Crippen LogP contribution is -2.37. The van der Waals surface area contributed by atoms with Crippen molar-refractivity contribution in [2.24, 2.45) is 5.92 Å². The zero-order valence-corrected chi connectivity index (χ0v) is 16.8. The minimum Gasteiger partial charge on any atom is -0.454 e. The van der Waals surface area contributed by atoms with Crippen LogP contribution in [-0.4, -0.2) is 28.0 Å². The molecule has 4 heterocycles. The van der Waals surface area contributed by atoms with Crippen LogP contribution in [0.15, 0.2) is 34.1 Å². The average molecular weight is 414 g/mol. The third-order valence-electron chi connectivity index (χ3n) is 5.73. The Morgan fingerprint density at radius 3 is 2.96 bits per heavy atom. The summed E-state index contributed by atoms with van der Waals surface area (Å²) in [6.45, 7) is 1.94. The molecule has 0 spiro atoms. The fourth-order valence-corrected chi connectivity index (χ4v) is 5.33. The largest absolute Gasteiger partial charge is 0.454 e. The van der Waals surface area contributed by atoms with Crippen molar-refractivity contribution in [1.82, 2.24) is 14.7 Å². The van der Waals surface area contributed by atoms with E-state index in [1.165, 1.54) is 23.3 Å². The van der Waals surface area contributed by atoms with E-state index in [9.17, 15) is 0 Å². The fourth-order valence-electron chi connectivity index (χ4n) is 4.23. The van der Waals surface area contributed by atoms with Gasteiger partial charge in [-0.1, -0.05) is 0 Å². The Morgan fingerprint density at radius 1 is 1.18 bits per heavy atom. The van der Waals surface area contributed by atoms with Crippen LogP contribution in [-0.2, 0) is 13.1 Å². The first kappa shape index (κ1) is 16.8. The number of hydrogen-bond acceptors (Lipinski definition) is 7. The summed E-state index contributed by atoms with van der Waals surface area (Å²) >= 11 is 7.36. The first-order valence-corrected chi connectivity index (χ1v) is 10.8. The highest BCUT2D eigenvalue weighted by Gasteiger charge is 2.40. The lowest BCUT2D eigenvalue weighted by atomic mass is 9.96. The van der Waals surface area contributed by atoms with Crippen molar-refractivity contribution in [3.05, 3.63) is 44.9 Å². The van der Waals surface area contributed by atoms with Crippen molar-refractivity contribution in [2.75, 3.05) is 13.3 Å². The van der Waals surface area contributed by atoms with Crippen molar-refractivity contribution in [1.29, 1.82) is 0 Å². The first-order valence-electron chi connectivity index (χ1n) is 9.54. The van der Waals surface area contributed by atoms with E-state index < -0.39 is 0 Å². The van der Waals surface area contributed by atoms with Crippen LogP contribution in [0.3, 0.4) is 0 Å². The second-order valence-electron chi connectivity index (χ2n) is 7.53. The number of fused-ring (bicyclic) bond motifs is 2. The Kier molecular flexibility index (Phi) is 3.85. The number of rotatable bonds is 4. The van der Waals surface area contributed by atoms with E-state index >= 15 is 0 Å². The van der Waals surface area contributed by atoms with E-state index in [0.29, 0.717) is 29.2 Å². The summed E-state index contributed by atoms with van der Waals surface area (Å²) in [5, 5.41) is 6.89. The van der Waals surface area contributed by atoms with Crippen LogP contribution in [0.5, 0.6) is 11.5 Å². The molecule has 1 saturated carbocycles. The predicted octanol–water partition coefficient (Wildman–Crippen LogP) is 4.63. The Morgan fingerprint density at radius 2 is 2.07 bits per heavy atom. The molecule has 0 saturated heterocycles. The zero-order valence-electron chi connectivity index (χ0n) is 15.2. The molecule has 1 aliphatic carbocycles. The van der Waals surface area contributed by atoms with Gasteiger partial charge in [-0.3, -0.25) is 4.90 Å². The normalized spacial score (nSPS) is 21.1. The van der Waals surface area contributed by atoms with E-state index in [-0.39, 0.29) is 6.79 Å². The van der Waals surface area contributed by atoms with Crippen LogP contribution >= 0.6 is 23.6 Å². The summed E-state index contributed by atoms with van der Waals surface area (Å²) in [4.78, 5) is 4.45. The third-order valence-corrected chi connectivity index (χ3v) is 7.02. The fraction of sp³-hybridized carbons (Fsp3) is 0.400. The second kappa shape index (κ2) is 6.43. The SMILES string of the molecule is S=c1oc(-c2ccc3c(c2)OCO3)nn1CN1CCc2sccc2[C@H]1C1CC1. The van der Waals surface area contributed by atoms with Gasteiger partial charge >= 0.3 is 0 Å². The summed E-state index contributed by atoms with van der Waals surface area (Å²) in [5.41, 5.74) is 2.34. The maximum absolute atomic E-state index is 5.81. The molecule has 6 nitrogen and oxygen atoms in total. The molecule has 1 aromatic carbocycles. The Balaban J connectivity index is 1.29. The van der Waals surface area contributed by atoms with Crippen LogP contribution in [0, 0.1) is 10.8 Å². The van der Waals surface area contributed by atoms with Crippen LogP contribution in [0.25, 0.3) is 11.5 Å². The molecule has 144 valence electrons. The monoisotopic (exact) mass is 413 g/mol. The van der Waals surface area contributed by atoms with Crippen molar-refractivity contribution >= 4 is 23.6 Å². The van der Waals surface area contributed by atoms with Gasteiger partial charge in [0.15, 0.2) is 11.5 Å². The van der Waals surface area contributed by atoms with Gasteiger partial charge in [0.2, 0.25) is 12.7 Å². The first-order chi connectivity index (χ1) is 13.8. The van der Waals surface area contributed by atoms with Crippen molar-refractivity contribution in [3.63, 3.8) is 0 Å². The van der Waals surface area contributed by atoms with E-state index in [1.807, 2.05) is 34.2 Å². The number of ether oxygens (including phenoxy) is 2. The quantitative estimate of drug-likeness (QED) is 0.582. The summed E-state index contributed by atoms with van der Waals surface area (Å²) in [5.74, 6) is 2.72. The molecule has 6 rings (SSSR count). The highest BCUT2D eigenvalue weighted by atomic mass is 32.1. The number of benzene rings is 1. The van der Waals surface area contributed by atoms with Gasteiger partial charge in [0.25, 0.3) is 4.84 Å². The van der Waals surface area contributed by atoms with Crippen LogP contribution in [0.1, 0.15) is 29.3 Å². The minimum absolute atomic E-state index is 0.249. The second-order valence-corrected chi connectivity index (χ2v) is 8.88. The minimum atomic E-state index is 0.249. The van der Waals surface area contributed by atoms with Gasteiger partial charge in [-0.2, -0.15) is 0 Å². The lowest BCUT2D eigenvalue weighted by molar-refractivity contribution is 0.116. The van der Waals surface area contributed by atoms with E-state index in [0.717, 1.165) is 30.2 Å². The molecule has 0 unspecified atom stereocenters. The standard InChI is InChI=1S/C20H19N3O3S2/c27-20-23(21-19(26-20)13-3-4-15-16(9-13)25-11-24-15)10-22-7-5-17-14(6-8-28-17)18(22)12-1-2-12/h3-4,6,8-9,12,18H,1-2,5,7,10-11H2/t18-/m1/s1. The van der Waals surface area contributed by atoms with Gasteiger partial charge in [0.05, 0.1) is 6.67 Å². The van der Waals surface area contributed by atoms with Crippen molar-refractivity contribution < 1.29 is 13.9 Å². The molecule has 0 amide bonds. The Bertz CT molecular complexity index is 1100. The lowest BCUT2D eigenvalue weighted by Gasteiger charge is -2.35. The van der Waals surface area contributed by atoms with Gasteiger partial charge in [0.1, 0.15) is 0 Å². The van der Waals surface area contributed by atoms with Crippen molar-refractivity contribution in [3.8, 4) is 23.0 Å². The predicted molar refractivity (Wildman–Crippen MR) is 107 cm³/mol. The summed E-state index contributed by atoms with van der Waals surface area (Å²) < 4.78 is 18.5. The van der Waals surface area contributed by atoms with Crippen LogP contribution < -0.4 is 9.47 Å². The molecule has 8 heteroatoms. The molecule has 0 N–H and O–H groups in total. The molecule has 0 bridgehead atoms. The van der Waals surface area contributed by atoms with Gasteiger partial charge in [-0.05, 0) is 72.6 Å². The maximum Gasteiger partial charge on any atom is 0.288 e. The molecule has 28 heavy (non-hydrogen) atoms. The summed E-state index contributed by atoms with van der Waals surface area (Å²) in [6.07, 6.45) is 3.71. The highest BCUT2D eigenvalue weighted by molar-refractivity contribution is 7.71. The molecule has 2 aliphatic heterocycles. The van der Waals surface area contributed by atoms with Crippen molar-refractivity contribution in [2.45, 2.75) is 32.0 Å². The van der Waals surface area contributed by atoms with Gasteiger partial charge in [-0.15, -0.1) is 16.4 Å². The van der Waals surface area contributed by atoms with Crippen LogP contribution in [0.4, 0.5) is 0 Å². The molecule has 0 radical (unpaired) electrons. The molecule has 2 aromatic heterocycles. The molecular formula is C20H19N3O3S2. The number of hydrogen-bond donors (Lipinski definition) is 0. The molecule has 1 fully saturated rings. The molecular weight excluding hydrogens is 394 g/mol. The Hall–Kier alpha value is -2.16. The molecule has 3 aromatic rings. The topological polar surface area (TPSA) is 52.7 Å². The van der Waals surface area contributed by atoms with Gasteiger partial charge < -0.3 is 13.9 Å². The molecule has 3 aliphatic rings. The summed E-state index contributed by atoms with van der Waals surface area (Å²) in [7, 11) is 0. The highest BCUT2D eigenvalue weighted by Crippen LogP contribution is 2.48. The third kappa shape index (κ3) is 2.78. The average Bonchev–Trinajstić information content (AvgIpc) is 3.09. The van der Waals surface area contributed by atoms with Gasteiger partial charge in [-0.25, -0.2) is 4.68 Å². The molecule has 1 atom stereocenters. The van der Waals surface area contributed by atoms with E-state index in [1.54, 1.807) is 0 Å². The number of thiophene rings is 1. The zero-order chi connectivity index (χ0) is 18.7. The van der Waals surface area contributed by atoms with E-state index in [4.69, 9.17) is 26.1 Å². The van der Waals surface area contributed by atoms with Crippen LogP contribution in [0.2, 0.25) is 0 Å². The number of nitrogens with zero attached hydrogens (tertiary/aromatic N) is 3. The number of aromatic nitrogens is 2. The van der Waals surface area contributed by atoms with Gasteiger partial charge in [0, 0.05) is 23.0 Å². The Labute approximate surface area is 171 Å². The smallest absolute Gasteiger partial charge is 0.288 e. The van der Waals surface area contributed by atoms with E-state index in [2.05, 4.69) is 21.4 Å².